The molecular weight excluding hydrogens is 728 g/mol. The highest BCUT2D eigenvalue weighted by molar-refractivity contribution is 7.49. The van der Waals surface area contributed by atoms with Crippen molar-refractivity contribution in [1.29, 1.82) is 0 Å². The first-order chi connectivity index (χ1) is 27.9. The Morgan fingerprint density at radius 3 is 1.25 bits per heavy atom. The maximum Gasteiger partial charge on any atom is 0.306 e. The molecule has 0 aromatic heterocycles. The molecule has 0 radical (unpaired) electrons. The van der Waals surface area contributed by atoms with Crippen molar-refractivity contribution >= 4 is 20.2 Å². The summed E-state index contributed by atoms with van der Waals surface area (Å²) in [5.74, 6) is 0.0350. The lowest BCUT2D eigenvalue weighted by molar-refractivity contribution is -0.150. The predicted octanol–water partition coefficient (Wildman–Crippen LogP) is 15.0. The molecule has 8 heteroatoms. The molecule has 0 bridgehead atoms. The molecule has 0 heterocycles. The van der Waals surface area contributed by atoms with Crippen molar-refractivity contribution in [2.75, 3.05) is 40.0 Å². The number of nitrogens with zero attached hydrogens (tertiary/aromatic N) is 1. The smallest absolute Gasteiger partial charge is 0.306 e. The van der Waals surface area contributed by atoms with Crippen molar-refractivity contribution in [2.45, 2.75) is 265 Å². The summed E-state index contributed by atoms with van der Waals surface area (Å²) >= 11 is 0. The quantitative estimate of drug-likeness (QED) is 0.0372. The fourth-order valence-electron chi connectivity index (χ4n) is 7.76. The van der Waals surface area contributed by atoms with Crippen LogP contribution in [-0.2, 0) is 23.6 Å². The van der Waals surface area contributed by atoms with Gasteiger partial charge in [-0.25, -0.2) is 0 Å². The van der Waals surface area contributed by atoms with Crippen LogP contribution in [-0.4, -0.2) is 69.0 Å². The van der Waals surface area contributed by atoms with Gasteiger partial charge in [-0.15, -0.1) is 0 Å². The molecule has 0 saturated carbocycles. The highest BCUT2D eigenvalue weighted by Crippen LogP contribution is 2.24. The molecule has 57 heavy (non-hydrogen) atoms. The number of ether oxygens (including phenoxy) is 2. The number of carbonyl (C=O) groups excluding carboxylic acids is 2. The van der Waals surface area contributed by atoms with Gasteiger partial charge in [0.25, 0.3) is 0 Å². The molecule has 7 nitrogen and oxygen atoms in total. The van der Waals surface area contributed by atoms with Crippen molar-refractivity contribution in [3.05, 3.63) is 0 Å². The number of hydrogen-bond donors (Lipinski definition) is 1. The third-order valence-electron chi connectivity index (χ3n) is 11.7. The zero-order valence-corrected chi connectivity index (χ0v) is 40.1. The molecule has 1 N–H and O–H groups in total. The van der Waals surface area contributed by atoms with Crippen LogP contribution >= 0.6 is 8.30 Å². The fourth-order valence-corrected chi connectivity index (χ4v) is 8.37. The largest absolute Gasteiger partial charge is 0.462 e. The lowest BCUT2D eigenvalue weighted by Gasteiger charge is -2.23. The Morgan fingerprint density at radius 1 is 0.474 bits per heavy atom. The lowest BCUT2D eigenvalue weighted by Crippen LogP contribution is -2.29. The van der Waals surface area contributed by atoms with Crippen LogP contribution in [0.25, 0.3) is 0 Å². The van der Waals surface area contributed by atoms with Gasteiger partial charge in [0.15, 0.2) is 0 Å². The topological polar surface area (TPSA) is 77.1 Å². The maximum absolute atomic E-state index is 12.8. The van der Waals surface area contributed by atoms with Gasteiger partial charge in [-0.05, 0) is 103 Å². The molecule has 0 aromatic carbocycles. The summed E-state index contributed by atoms with van der Waals surface area (Å²) < 4.78 is 17.3. The summed E-state index contributed by atoms with van der Waals surface area (Å²) in [5, 5.41) is 3.51. The van der Waals surface area contributed by atoms with Gasteiger partial charge in [-0.3, -0.25) is 14.7 Å². The van der Waals surface area contributed by atoms with Crippen LogP contribution in [0, 0.1) is 0 Å². The first-order valence-corrected chi connectivity index (χ1v) is 26.7. The highest BCUT2D eigenvalue weighted by Gasteiger charge is 2.15. The Morgan fingerprint density at radius 2 is 0.825 bits per heavy atom. The van der Waals surface area contributed by atoms with Gasteiger partial charge in [0.2, 0.25) is 0 Å². The monoisotopic (exact) mass is 827 g/mol. The molecule has 0 rings (SSSR count). The van der Waals surface area contributed by atoms with E-state index in [0.717, 1.165) is 84.0 Å². The lowest BCUT2D eigenvalue weighted by atomic mass is 10.0. The molecule has 0 saturated heterocycles. The van der Waals surface area contributed by atoms with Crippen LogP contribution in [0.1, 0.15) is 252 Å². The second-order valence-electron chi connectivity index (χ2n) is 17.1. The van der Waals surface area contributed by atoms with E-state index in [1.165, 1.54) is 154 Å². The third kappa shape index (κ3) is 40.4. The van der Waals surface area contributed by atoms with E-state index in [2.05, 4.69) is 44.3 Å². The summed E-state index contributed by atoms with van der Waals surface area (Å²) in [6, 6.07) is 0. The number of carbonyl (C=O) groups is 2. The van der Waals surface area contributed by atoms with Gasteiger partial charge in [0.05, 0.1) is 8.30 Å². The average molecular weight is 827 g/mol. The van der Waals surface area contributed by atoms with E-state index in [1.54, 1.807) is 7.11 Å². The van der Waals surface area contributed by atoms with Crippen LogP contribution < -0.4 is 5.09 Å². The SMILES string of the molecule is CCCCCCCCC(CC)OC(=O)CCCCCCCN(CCCCCCCC(=O)OC(CCCCCCCC)CCCCCCCC)CCCNP(C)OC. The van der Waals surface area contributed by atoms with E-state index in [9.17, 15) is 9.59 Å². The zero-order chi connectivity index (χ0) is 41.9. The average Bonchev–Trinajstić information content (AvgIpc) is 3.21. The minimum absolute atomic E-state index is 0.00279. The van der Waals surface area contributed by atoms with Gasteiger partial charge in [-0.1, -0.05) is 163 Å². The van der Waals surface area contributed by atoms with Crippen molar-refractivity contribution < 1.29 is 23.6 Å². The summed E-state index contributed by atoms with van der Waals surface area (Å²) in [7, 11) is 1.26. The first kappa shape index (κ1) is 56.2. The third-order valence-corrected chi connectivity index (χ3v) is 12.9. The van der Waals surface area contributed by atoms with E-state index in [-0.39, 0.29) is 24.1 Å². The summed E-state index contributed by atoms with van der Waals surface area (Å²) in [5.41, 5.74) is 0. The molecule has 0 aliphatic carbocycles. The van der Waals surface area contributed by atoms with Crippen LogP contribution in [0.4, 0.5) is 0 Å². The Kier molecular flexibility index (Phi) is 44.2. The minimum Gasteiger partial charge on any atom is -0.462 e. The van der Waals surface area contributed by atoms with E-state index < -0.39 is 8.30 Å². The standard InChI is InChI=1S/C49H99N2O5P/c1-7-11-14-17-22-29-37-46(10-4)55-48(52)40-32-25-20-27-34-43-51(45-36-42-50-57(6)54-5)44-35-28-21-26-33-41-49(53)56-47(38-30-23-18-15-12-8-2)39-31-24-19-16-13-9-3/h46-47,50H,7-45H2,1-6H3. The van der Waals surface area contributed by atoms with Gasteiger partial charge in [0.1, 0.15) is 12.2 Å². The molecular formula is C49H99N2O5P. The Labute approximate surface area is 357 Å². The number of rotatable bonds is 46. The normalized spacial score (nSPS) is 12.8. The minimum atomic E-state index is -0.522. The van der Waals surface area contributed by atoms with E-state index in [0.29, 0.717) is 12.8 Å². The first-order valence-electron chi connectivity index (χ1n) is 25.0. The van der Waals surface area contributed by atoms with Gasteiger partial charge >= 0.3 is 11.9 Å². The summed E-state index contributed by atoms with van der Waals surface area (Å²) in [6.45, 7) is 15.5. The molecule has 2 atom stereocenters. The summed E-state index contributed by atoms with van der Waals surface area (Å²) in [6.07, 6.45) is 41.0. The number of hydrogen-bond acceptors (Lipinski definition) is 7. The van der Waals surface area contributed by atoms with Crippen molar-refractivity contribution in [2.24, 2.45) is 0 Å². The van der Waals surface area contributed by atoms with Crippen LogP contribution in [0.15, 0.2) is 0 Å². The summed E-state index contributed by atoms with van der Waals surface area (Å²) in [4.78, 5) is 28.0. The van der Waals surface area contributed by atoms with Gasteiger partial charge in [-0.2, -0.15) is 0 Å². The number of unbranched alkanes of at least 4 members (excludes halogenated alkanes) is 23. The molecule has 0 aliphatic rings. The number of nitrogens with one attached hydrogen (secondary N) is 1. The molecule has 0 aliphatic heterocycles. The fraction of sp³-hybridized carbons (Fsp3) is 0.959. The molecule has 0 fully saturated rings. The molecule has 0 amide bonds. The van der Waals surface area contributed by atoms with Crippen LogP contribution in [0.3, 0.4) is 0 Å². The molecule has 0 spiro atoms. The Bertz CT molecular complexity index is 833. The molecule has 2 unspecified atom stereocenters. The van der Waals surface area contributed by atoms with Crippen LogP contribution in [0.5, 0.6) is 0 Å². The van der Waals surface area contributed by atoms with Crippen molar-refractivity contribution in [3.8, 4) is 0 Å². The Balaban J connectivity index is 4.38. The van der Waals surface area contributed by atoms with Gasteiger partial charge < -0.3 is 18.9 Å². The predicted molar refractivity (Wildman–Crippen MR) is 248 cm³/mol. The molecule has 340 valence electrons. The highest BCUT2D eigenvalue weighted by atomic mass is 31.2. The van der Waals surface area contributed by atoms with Crippen molar-refractivity contribution in [3.63, 3.8) is 0 Å². The maximum atomic E-state index is 12.8. The van der Waals surface area contributed by atoms with Crippen molar-refractivity contribution in [1.82, 2.24) is 9.99 Å². The number of esters is 2. The van der Waals surface area contributed by atoms with E-state index in [4.69, 9.17) is 14.0 Å². The zero-order valence-electron chi connectivity index (χ0n) is 39.2. The van der Waals surface area contributed by atoms with E-state index >= 15 is 0 Å². The van der Waals surface area contributed by atoms with Crippen LogP contribution in [0.2, 0.25) is 0 Å². The van der Waals surface area contributed by atoms with Gasteiger partial charge in [0, 0.05) is 26.5 Å². The second-order valence-corrected chi connectivity index (χ2v) is 18.8. The second kappa shape index (κ2) is 44.8. The molecule has 0 aromatic rings. The van der Waals surface area contributed by atoms with E-state index in [1.807, 2.05) is 0 Å². The Hall–Kier alpha value is -0.750.